The van der Waals surface area contributed by atoms with E-state index in [1.54, 1.807) is 6.92 Å². The summed E-state index contributed by atoms with van der Waals surface area (Å²) >= 11 is 5.89. The van der Waals surface area contributed by atoms with Crippen LogP contribution >= 0.6 is 11.6 Å². The number of ether oxygens (including phenoxy) is 1. The van der Waals surface area contributed by atoms with E-state index in [-0.39, 0.29) is 5.97 Å². The Morgan fingerprint density at radius 3 is 2.10 bits per heavy atom. The van der Waals surface area contributed by atoms with Crippen molar-refractivity contribution in [3.8, 4) is 11.1 Å². The van der Waals surface area contributed by atoms with Crippen molar-refractivity contribution in [3.63, 3.8) is 0 Å². The summed E-state index contributed by atoms with van der Waals surface area (Å²) in [6, 6.07) is 15.8. The maximum atomic E-state index is 11.4. The normalized spacial score (nSPS) is 11.3. The van der Waals surface area contributed by atoms with Crippen LogP contribution in [0.4, 0.5) is 0 Å². The van der Waals surface area contributed by atoms with E-state index in [0.29, 0.717) is 6.61 Å². The van der Waals surface area contributed by atoms with Crippen LogP contribution in [0.1, 0.15) is 19.4 Å². The molecule has 0 saturated carbocycles. The van der Waals surface area contributed by atoms with Gasteiger partial charge in [0.1, 0.15) is 0 Å². The molecule has 0 saturated heterocycles. The van der Waals surface area contributed by atoms with E-state index in [0.717, 1.165) is 27.3 Å². The molecule has 0 unspecified atom stereocenters. The minimum absolute atomic E-state index is 0.309. The van der Waals surface area contributed by atoms with Crippen LogP contribution in [-0.4, -0.2) is 12.6 Å². The molecule has 0 aliphatic heterocycles. The van der Waals surface area contributed by atoms with E-state index >= 15 is 0 Å². The molecule has 108 valence electrons. The van der Waals surface area contributed by atoms with E-state index in [1.807, 2.05) is 55.5 Å². The quantitative estimate of drug-likeness (QED) is 0.588. The Hall–Kier alpha value is -2.06. The topological polar surface area (TPSA) is 26.3 Å². The first-order chi connectivity index (χ1) is 10.1. The lowest BCUT2D eigenvalue weighted by Gasteiger charge is -2.05. The number of halogens is 1. The molecule has 0 radical (unpaired) electrons. The highest BCUT2D eigenvalue weighted by atomic mass is 35.5. The molecular weight excluding hydrogens is 284 g/mol. The summed E-state index contributed by atoms with van der Waals surface area (Å²) in [5, 5.41) is 0.726. The number of rotatable bonds is 4. The molecule has 0 heterocycles. The van der Waals surface area contributed by atoms with Crippen LogP contribution in [0.15, 0.2) is 54.6 Å². The molecule has 0 spiro atoms. The van der Waals surface area contributed by atoms with Crippen molar-refractivity contribution in [3.05, 3.63) is 65.2 Å². The third kappa shape index (κ3) is 4.20. The molecule has 2 aromatic carbocycles. The number of carbonyl (C=O) groups excluding carboxylic acids is 1. The van der Waals surface area contributed by atoms with Gasteiger partial charge in [0.05, 0.1) is 6.61 Å². The lowest BCUT2D eigenvalue weighted by atomic mass is 10.0. The molecule has 0 atom stereocenters. The van der Waals surface area contributed by atoms with Crippen molar-refractivity contribution in [2.75, 3.05) is 6.61 Å². The lowest BCUT2D eigenvalue weighted by Crippen LogP contribution is -2.00. The summed E-state index contributed by atoms with van der Waals surface area (Å²) in [5.74, 6) is -0.309. The summed E-state index contributed by atoms with van der Waals surface area (Å²) in [4.78, 5) is 11.4. The Morgan fingerprint density at radius 1 is 1.05 bits per heavy atom. The van der Waals surface area contributed by atoms with Gasteiger partial charge in [-0.05, 0) is 48.2 Å². The highest BCUT2D eigenvalue weighted by Crippen LogP contribution is 2.23. The summed E-state index contributed by atoms with van der Waals surface area (Å²) in [6.07, 6.45) is 1.51. The van der Waals surface area contributed by atoms with Crippen LogP contribution in [0.2, 0.25) is 5.02 Å². The smallest absolute Gasteiger partial charge is 0.331 e. The molecular formula is C18H17ClO2. The van der Waals surface area contributed by atoms with Crippen LogP contribution in [0, 0.1) is 0 Å². The predicted octanol–water partition coefficient (Wildman–Crippen LogP) is 4.97. The zero-order valence-electron chi connectivity index (χ0n) is 12.1. The predicted molar refractivity (Wildman–Crippen MR) is 87.2 cm³/mol. The zero-order valence-corrected chi connectivity index (χ0v) is 12.9. The zero-order chi connectivity index (χ0) is 15.2. The van der Waals surface area contributed by atoms with Gasteiger partial charge in [-0.25, -0.2) is 4.79 Å². The van der Waals surface area contributed by atoms with Crippen LogP contribution in [0.5, 0.6) is 0 Å². The molecule has 0 aromatic heterocycles. The van der Waals surface area contributed by atoms with E-state index < -0.39 is 0 Å². The van der Waals surface area contributed by atoms with Crippen LogP contribution in [0.3, 0.4) is 0 Å². The molecule has 2 aromatic rings. The number of allylic oxidation sites excluding steroid dienone is 1. The molecule has 2 rings (SSSR count). The fourth-order valence-electron chi connectivity index (χ4n) is 2.01. The van der Waals surface area contributed by atoms with Gasteiger partial charge in [-0.3, -0.25) is 0 Å². The molecule has 0 aliphatic carbocycles. The van der Waals surface area contributed by atoms with Gasteiger partial charge in [-0.15, -0.1) is 0 Å². The second kappa shape index (κ2) is 7.09. The molecule has 2 nitrogen and oxygen atoms in total. The van der Waals surface area contributed by atoms with Gasteiger partial charge in [0.15, 0.2) is 0 Å². The summed E-state index contributed by atoms with van der Waals surface area (Å²) in [5.41, 5.74) is 4.11. The first kappa shape index (κ1) is 15.3. The SMILES string of the molecule is CCOC(=O)/C=C(\C)c1ccc(-c2ccc(Cl)cc2)cc1. The van der Waals surface area contributed by atoms with Crippen LogP contribution in [0.25, 0.3) is 16.7 Å². The van der Waals surface area contributed by atoms with Gasteiger partial charge >= 0.3 is 5.97 Å². The molecule has 0 bridgehead atoms. The van der Waals surface area contributed by atoms with E-state index in [1.165, 1.54) is 6.08 Å². The van der Waals surface area contributed by atoms with Gasteiger partial charge in [0, 0.05) is 11.1 Å². The number of benzene rings is 2. The molecule has 0 aliphatic rings. The van der Waals surface area contributed by atoms with Crippen molar-refractivity contribution < 1.29 is 9.53 Å². The second-order valence-electron chi connectivity index (χ2n) is 4.66. The molecule has 0 amide bonds. The van der Waals surface area contributed by atoms with Crippen molar-refractivity contribution in [2.24, 2.45) is 0 Å². The number of carbonyl (C=O) groups is 1. The van der Waals surface area contributed by atoms with E-state index in [9.17, 15) is 4.79 Å². The highest BCUT2D eigenvalue weighted by Gasteiger charge is 2.02. The van der Waals surface area contributed by atoms with Crippen molar-refractivity contribution in [2.45, 2.75) is 13.8 Å². The Bertz CT molecular complexity index is 640. The van der Waals surface area contributed by atoms with Crippen LogP contribution < -0.4 is 0 Å². The molecule has 0 N–H and O–H groups in total. The lowest BCUT2D eigenvalue weighted by molar-refractivity contribution is -0.137. The van der Waals surface area contributed by atoms with Gasteiger partial charge in [-0.1, -0.05) is 48.0 Å². The third-order valence-corrected chi connectivity index (χ3v) is 3.39. The van der Waals surface area contributed by atoms with Gasteiger partial charge in [0.2, 0.25) is 0 Å². The highest BCUT2D eigenvalue weighted by molar-refractivity contribution is 6.30. The van der Waals surface area contributed by atoms with E-state index in [4.69, 9.17) is 16.3 Å². The standard InChI is InChI=1S/C18H17ClO2/c1-3-21-18(20)12-13(2)14-4-6-15(7-5-14)16-8-10-17(19)11-9-16/h4-12H,3H2,1-2H3/b13-12+. The Labute approximate surface area is 130 Å². The molecule has 21 heavy (non-hydrogen) atoms. The average molecular weight is 301 g/mol. The van der Waals surface area contributed by atoms with Gasteiger partial charge in [-0.2, -0.15) is 0 Å². The first-order valence-electron chi connectivity index (χ1n) is 6.81. The Morgan fingerprint density at radius 2 is 1.57 bits per heavy atom. The Kier molecular flexibility index (Phi) is 5.18. The summed E-state index contributed by atoms with van der Waals surface area (Å²) < 4.78 is 4.91. The summed E-state index contributed by atoms with van der Waals surface area (Å²) in [6.45, 7) is 4.08. The minimum atomic E-state index is -0.309. The molecule has 3 heteroatoms. The second-order valence-corrected chi connectivity index (χ2v) is 5.10. The monoisotopic (exact) mass is 300 g/mol. The maximum Gasteiger partial charge on any atom is 0.331 e. The Balaban J connectivity index is 2.19. The number of hydrogen-bond acceptors (Lipinski definition) is 2. The fraction of sp³-hybridized carbons (Fsp3) is 0.167. The number of esters is 1. The van der Waals surface area contributed by atoms with Gasteiger partial charge in [0.25, 0.3) is 0 Å². The van der Waals surface area contributed by atoms with Crippen molar-refractivity contribution in [1.29, 1.82) is 0 Å². The third-order valence-electron chi connectivity index (χ3n) is 3.14. The number of hydrogen-bond donors (Lipinski definition) is 0. The van der Waals surface area contributed by atoms with Gasteiger partial charge < -0.3 is 4.74 Å². The van der Waals surface area contributed by atoms with Crippen molar-refractivity contribution >= 4 is 23.1 Å². The summed E-state index contributed by atoms with van der Waals surface area (Å²) in [7, 11) is 0. The van der Waals surface area contributed by atoms with Crippen molar-refractivity contribution in [1.82, 2.24) is 0 Å². The average Bonchev–Trinajstić information content (AvgIpc) is 2.48. The van der Waals surface area contributed by atoms with Crippen LogP contribution in [-0.2, 0) is 9.53 Å². The minimum Gasteiger partial charge on any atom is -0.463 e. The largest absolute Gasteiger partial charge is 0.463 e. The molecule has 0 fully saturated rings. The fourth-order valence-corrected chi connectivity index (χ4v) is 2.14. The first-order valence-corrected chi connectivity index (χ1v) is 7.19. The maximum absolute atomic E-state index is 11.4. The van der Waals surface area contributed by atoms with E-state index in [2.05, 4.69) is 0 Å².